The number of para-hydroxylation sites is 1. The molecule has 1 heterocycles. The maximum Gasteiger partial charge on any atom is 0.134 e. The third-order valence-electron chi connectivity index (χ3n) is 4.05. The zero-order valence-electron chi connectivity index (χ0n) is 10.6. The molecule has 1 unspecified atom stereocenters. The summed E-state index contributed by atoms with van der Waals surface area (Å²) in [5.41, 5.74) is 1.93. The van der Waals surface area contributed by atoms with Gasteiger partial charge in [-0.05, 0) is 31.7 Å². The van der Waals surface area contributed by atoms with Gasteiger partial charge in [0, 0.05) is 23.0 Å². The lowest BCUT2D eigenvalue weighted by Crippen LogP contribution is -2.47. The number of nitrogens with one attached hydrogen (secondary N) is 1. The second kappa shape index (κ2) is 4.41. The van der Waals surface area contributed by atoms with E-state index in [0.29, 0.717) is 5.92 Å². The number of aliphatic hydroxyl groups excluding tert-OH is 1. The average molecular weight is 245 g/mol. The van der Waals surface area contributed by atoms with Crippen LogP contribution in [0.3, 0.4) is 0 Å². The highest BCUT2D eigenvalue weighted by atomic mass is 16.3. The highest BCUT2D eigenvalue weighted by molar-refractivity contribution is 5.80. The number of aliphatic hydroxyl groups is 1. The third kappa shape index (κ3) is 2.04. The number of benzene rings is 1. The maximum atomic E-state index is 9.55. The van der Waals surface area contributed by atoms with Crippen molar-refractivity contribution in [3.05, 3.63) is 36.1 Å². The topological polar surface area (TPSA) is 45.4 Å². The van der Waals surface area contributed by atoms with Crippen LogP contribution >= 0.6 is 0 Å². The number of fused-ring (bicyclic) bond motifs is 1. The van der Waals surface area contributed by atoms with E-state index in [1.807, 2.05) is 24.5 Å². The Morgan fingerprint density at radius 3 is 2.89 bits per heavy atom. The first kappa shape index (κ1) is 11.8. The van der Waals surface area contributed by atoms with Gasteiger partial charge in [0.2, 0.25) is 0 Å². The van der Waals surface area contributed by atoms with Gasteiger partial charge in [-0.1, -0.05) is 18.2 Å². The lowest BCUT2D eigenvalue weighted by atomic mass is 9.96. The van der Waals surface area contributed by atoms with Crippen LogP contribution in [0.4, 0.5) is 0 Å². The van der Waals surface area contributed by atoms with Gasteiger partial charge in [0.05, 0.1) is 12.9 Å². The normalized spacial score (nSPS) is 19.0. The van der Waals surface area contributed by atoms with Crippen LogP contribution in [-0.2, 0) is 6.54 Å². The van der Waals surface area contributed by atoms with Gasteiger partial charge in [-0.2, -0.15) is 0 Å². The van der Waals surface area contributed by atoms with Crippen molar-refractivity contribution in [2.75, 3.05) is 6.61 Å². The Balaban J connectivity index is 1.76. The number of furan rings is 1. The van der Waals surface area contributed by atoms with E-state index < -0.39 is 0 Å². The monoisotopic (exact) mass is 245 g/mol. The Morgan fingerprint density at radius 2 is 2.17 bits per heavy atom. The lowest BCUT2D eigenvalue weighted by molar-refractivity contribution is 0.153. The van der Waals surface area contributed by atoms with Crippen molar-refractivity contribution in [3.63, 3.8) is 0 Å². The van der Waals surface area contributed by atoms with Crippen molar-refractivity contribution in [2.24, 2.45) is 5.92 Å². The molecular weight excluding hydrogens is 226 g/mol. The van der Waals surface area contributed by atoms with Crippen molar-refractivity contribution in [1.82, 2.24) is 5.32 Å². The Labute approximate surface area is 107 Å². The second-order valence-electron chi connectivity index (χ2n) is 5.46. The Hall–Kier alpha value is -1.32. The lowest BCUT2D eigenvalue weighted by Gasteiger charge is -2.28. The molecule has 3 rings (SSSR count). The Kier molecular flexibility index (Phi) is 2.88. The number of hydrogen-bond acceptors (Lipinski definition) is 3. The van der Waals surface area contributed by atoms with Crippen LogP contribution in [0, 0.1) is 5.92 Å². The van der Waals surface area contributed by atoms with E-state index in [1.165, 1.54) is 12.8 Å². The summed E-state index contributed by atoms with van der Waals surface area (Å²) in [4.78, 5) is 0. The van der Waals surface area contributed by atoms with Crippen molar-refractivity contribution in [1.29, 1.82) is 0 Å². The van der Waals surface area contributed by atoms with E-state index in [2.05, 4.69) is 18.3 Å². The first-order valence-corrected chi connectivity index (χ1v) is 6.54. The van der Waals surface area contributed by atoms with Gasteiger partial charge >= 0.3 is 0 Å². The van der Waals surface area contributed by atoms with E-state index in [1.54, 1.807) is 0 Å². The predicted octanol–water partition coefficient (Wildman–Crippen LogP) is 2.68. The molecule has 1 aromatic heterocycles. The summed E-state index contributed by atoms with van der Waals surface area (Å²) < 4.78 is 5.52. The fraction of sp³-hybridized carbons (Fsp3) is 0.467. The van der Waals surface area contributed by atoms with Gasteiger partial charge < -0.3 is 14.8 Å². The predicted molar refractivity (Wildman–Crippen MR) is 71.3 cm³/mol. The second-order valence-corrected chi connectivity index (χ2v) is 5.46. The Morgan fingerprint density at radius 1 is 1.39 bits per heavy atom. The summed E-state index contributed by atoms with van der Waals surface area (Å²) in [5.74, 6) is 0.612. The van der Waals surface area contributed by atoms with Gasteiger partial charge in [-0.25, -0.2) is 0 Å². The Bertz CT molecular complexity index is 544. The van der Waals surface area contributed by atoms with E-state index in [4.69, 9.17) is 4.42 Å². The highest BCUT2D eigenvalue weighted by Gasteiger charge is 2.40. The minimum absolute atomic E-state index is 0.154. The molecule has 1 aliphatic rings. The highest BCUT2D eigenvalue weighted by Crippen LogP contribution is 2.39. The molecule has 1 atom stereocenters. The number of rotatable bonds is 5. The SMILES string of the molecule is CC(CO)(NCc1coc2ccccc12)C1CC1. The molecule has 18 heavy (non-hydrogen) atoms. The summed E-state index contributed by atoms with van der Waals surface area (Å²) in [6.07, 6.45) is 4.24. The molecular formula is C15H19NO2. The molecule has 0 aliphatic heterocycles. The number of hydrogen-bond donors (Lipinski definition) is 2. The van der Waals surface area contributed by atoms with Crippen LogP contribution in [-0.4, -0.2) is 17.3 Å². The van der Waals surface area contributed by atoms with Crippen LogP contribution in [0.15, 0.2) is 34.9 Å². The zero-order chi connectivity index (χ0) is 12.6. The molecule has 2 N–H and O–H groups in total. The van der Waals surface area contributed by atoms with Crippen molar-refractivity contribution < 1.29 is 9.52 Å². The van der Waals surface area contributed by atoms with E-state index in [0.717, 1.165) is 23.1 Å². The average Bonchev–Trinajstić information content (AvgIpc) is 3.18. The van der Waals surface area contributed by atoms with Crippen molar-refractivity contribution in [2.45, 2.75) is 31.8 Å². The molecule has 96 valence electrons. The molecule has 1 aliphatic carbocycles. The third-order valence-corrected chi connectivity index (χ3v) is 4.05. The van der Waals surface area contributed by atoms with Gasteiger partial charge in [0.1, 0.15) is 5.58 Å². The standard InChI is InChI=1S/C15H19NO2/c1-15(10-17,12-6-7-12)16-8-11-9-18-14-5-3-2-4-13(11)14/h2-5,9,12,16-17H,6-8,10H2,1H3. The largest absolute Gasteiger partial charge is 0.464 e. The summed E-state index contributed by atoms with van der Waals surface area (Å²) in [7, 11) is 0. The first-order valence-electron chi connectivity index (χ1n) is 6.54. The van der Waals surface area contributed by atoms with E-state index >= 15 is 0 Å². The fourth-order valence-corrected chi connectivity index (χ4v) is 2.52. The maximum absolute atomic E-state index is 9.55. The van der Waals surface area contributed by atoms with E-state index in [9.17, 15) is 5.11 Å². The minimum Gasteiger partial charge on any atom is -0.464 e. The van der Waals surface area contributed by atoms with Crippen LogP contribution < -0.4 is 5.32 Å². The molecule has 0 spiro atoms. The molecule has 0 bridgehead atoms. The molecule has 0 radical (unpaired) electrons. The fourth-order valence-electron chi connectivity index (χ4n) is 2.52. The molecule has 0 amide bonds. The van der Waals surface area contributed by atoms with Gasteiger partial charge in [-0.15, -0.1) is 0 Å². The van der Waals surface area contributed by atoms with Crippen molar-refractivity contribution in [3.8, 4) is 0 Å². The molecule has 3 nitrogen and oxygen atoms in total. The molecule has 3 heteroatoms. The molecule has 1 aromatic carbocycles. The van der Waals surface area contributed by atoms with Crippen LogP contribution in [0.1, 0.15) is 25.3 Å². The molecule has 1 fully saturated rings. The summed E-state index contributed by atoms with van der Waals surface area (Å²) in [5, 5.41) is 14.2. The van der Waals surface area contributed by atoms with Crippen LogP contribution in [0.2, 0.25) is 0 Å². The minimum atomic E-state index is -0.154. The summed E-state index contributed by atoms with van der Waals surface area (Å²) in [6.45, 7) is 3.03. The molecule has 2 aromatic rings. The van der Waals surface area contributed by atoms with Gasteiger partial charge in [0.15, 0.2) is 0 Å². The first-order chi connectivity index (χ1) is 8.73. The quantitative estimate of drug-likeness (QED) is 0.851. The van der Waals surface area contributed by atoms with Crippen molar-refractivity contribution >= 4 is 11.0 Å². The zero-order valence-corrected chi connectivity index (χ0v) is 10.6. The summed E-state index contributed by atoms with van der Waals surface area (Å²) in [6, 6.07) is 8.05. The van der Waals surface area contributed by atoms with Gasteiger partial charge in [0.25, 0.3) is 0 Å². The van der Waals surface area contributed by atoms with Crippen LogP contribution in [0.5, 0.6) is 0 Å². The molecule has 0 saturated heterocycles. The summed E-state index contributed by atoms with van der Waals surface area (Å²) >= 11 is 0. The van der Waals surface area contributed by atoms with E-state index in [-0.39, 0.29) is 12.1 Å². The van der Waals surface area contributed by atoms with Crippen LogP contribution in [0.25, 0.3) is 11.0 Å². The smallest absolute Gasteiger partial charge is 0.134 e. The molecule has 1 saturated carbocycles. The van der Waals surface area contributed by atoms with Gasteiger partial charge in [-0.3, -0.25) is 0 Å².